The maximum Gasteiger partial charge on any atom is 0.290 e. The molecule has 0 aliphatic carbocycles. The molecule has 1 saturated heterocycles. The molecule has 1 atom stereocenters. The third-order valence-electron chi connectivity index (χ3n) is 3.91. The largest absolute Gasteiger partial charge is 0.451 e. The fraction of sp³-hybridized carbons (Fsp3) is 0.312. The van der Waals surface area contributed by atoms with Crippen LogP contribution in [-0.4, -0.2) is 40.8 Å². The Kier molecular flexibility index (Phi) is 3.53. The molecule has 1 unspecified atom stereocenters. The number of hydrogen-bond donors (Lipinski definition) is 0. The van der Waals surface area contributed by atoms with Crippen molar-refractivity contribution >= 4 is 16.9 Å². The van der Waals surface area contributed by atoms with Gasteiger partial charge in [-0.3, -0.25) is 4.79 Å². The zero-order valence-electron chi connectivity index (χ0n) is 12.9. The summed E-state index contributed by atoms with van der Waals surface area (Å²) in [5.74, 6) is 0.173. The van der Waals surface area contributed by atoms with Crippen molar-refractivity contribution in [3.8, 4) is 0 Å². The van der Waals surface area contributed by atoms with Crippen molar-refractivity contribution in [3.05, 3.63) is 47.6 Å². The van der Waals surface area contributed by atoms with Crippen LogP contribution in [0.1, 0.15) is 28.4 Å². The Labute approximate surface area is 136 Å². The predicted molar refractivity (Wildman–Crippen MR) is 79.8 cm³/mol. The van der Waals surface area contributed by atoms with Crippen LogP contribution in [-0.2, 0) is 4.74 Å². The number of halogens is 1. The van der Waals surface area contributed by atoms with Crippen molar-refractivity contribution in [1.29, 1.82) is 0 Å². The van der Waals surface area contributed by atoms with Gasteiger partial charge in [-0.15, -0.1) is 10.2 Å². The van der Waals surface area contributed by atoms with Crippen molar-refractivity contribution < 1.29 is 22.8 Å². The van der Waals surface area contributed by atoms with Gasteiger partial charge in [-0.05, 0) is 24.3 Å². The number of fused-ring (bicyclic) bond motifs is 1. The van der Waals surface area contributed by atoms with E-state index in [2.05, 4.69) is 10.2 Å². The number of morpholine rings is 1. The first-order chi connectivity index (χ1) is 11.6. The molecule has 124 valence electrons. The Morgan fingerprint density at radius 3 is 2.96 bits per heavy atom. The highest BCUT2D eigenvalue weighted by molar-refractivity contribution is 5.96. The molecular weight excluding hydrogens is 317 g/mol. The third kappa shape index (κ3) is 2.54. The summed E-state index contributed by atoms with van der Waals surface area (Å²) >= 11 is 0. The minimum absolute atomic E-state index is 0.138. The summed E-state index contributed by atoms with van der Waals surface area (Å²) in [6, 6.07) is 5.18. The number of hydrogen-bond acceptors (Lipinski definition) is 6. The predicted octanol–water partition coefficient (Wildman–Crippen LogP) is 2.48. The molecule has 1 aliphatic rings. The molecule has 0 saturated carbocycles. The average molecular weight is 331 g/mol. The molecule has 1 fully saturated rings. The van der Waals surface area contributed by atoms with Gasteiger partial charge in [0.25, 0.3) is 5.91 Å². The van der Waals surface area contributed by atoms with Crippen molar-refractivity contribution in [2.45, 2.75) is 13.0 Å². The number of furan rings is 1. The minimum Gasteiger partial charge on any atom is -0.451 e. The van der Waals surface area contributed by atoms with E-state index in [1.165, 1.54) is 24.3 Å². The van der Waals surface area contributed by atoms with Crippen LogP contribution in [0.25, 0.3) is 11.0 Å². The lowest BCUT2D eigenvalue weighted by Gasteiger charge is -2.32. The van der Waals surface area contributed by atoms with E-state index in [-0.39, 0.29) is 24.1 Å². The number of carbonyl (C=O) groups excluding carboxylic acids is 1. The van der Waals surface area contributed by atoms with Crippen molar-refractivity contribution in [2.75, 3.05) is 19.8 Å². The lowest BCUT2D eigenvalue weighted by atomic mass is 10.2. The average Bonchev–Trinajstić information content (AvgIpc) is 3.20. The number of aromatic nitrogens is 2. The second-order valence-corrected chi connectivity index (χ2v) is 5.54. The molecule has 4 rings (SSSR count). The molecule has 8 heteroatoms. The van der Waals surface area contributed by atoms with Gasteiger partial charge in [0.1, 0.15) is 17.4 Å². The molecule has 1 aliphatic heterocycles. The van der Waals surface area contributed by atoms with Crippen molar-refractivity contribution in [1.82, 2.24) is 15.1 Å². The fourth-order valence-corrected chi connectivity index (χ4v) is 2.76. The molecule has 0 spiro atoms. The fourth-order valence-electron chi connectivity index (χ4n) is 2.76. The van der Waals surface area contributed by atoms with E-state index in [9.17, 15) is 9.18 Å². The van der Waals surface area contributed by atoms with E-state index in [0.717, 1.165) is 0 Å². The zero-order valence-corrected chi connectivity index (χ0v) is 12.9. The number of amides is 1. The highest BCUT2D eigenvalue weighted by atomic mass is 19.1. The summed E-state index contributed by atoms with van der Waals surface area (Å²) < 4.78 is 29.7. The minimum atomic E-state index is -0.475. The van der Waals surface area contributed by atoms with Crippen LogP contribution in [0.4, 0.5) is 4.39 Å². The first kappa shape index (κ1) is 14.8. The Morgan fingerprint density at radius 2 is 2.17 bits per heavy atom. The summed E-state index contributed by atoms with van der Waals surface area (Å²) in [6.45, 7) is 2.73. The van der Waals surface area contributed by atoms with Gasteiger partial charge in [-0.2, -0.15) is 0 Å². The van der Waals surface area contributed by atoms with Gasteiger partial charge in [0.15, 0.2) is 5.76 Å². The second kappa shape index (κ2) is 5.72. The molecular formula is C16H14FN3O4. The van der Waals surface area contributed by atoms with Gasteiger partial charge >= 0.3 is 0 Å². The highest BCUT2D eigenvalue weighted by Crippen LogP contribution is 2.27. The quantitative estimate of drug-likeness (QED) is 0.717. The van der Waals surface area contributed by atoms with Crippen molar-refractivity contribution in [3.63, 3.8) is 0 Å². The van der Waals surface area contributed by atoms with Gasteiger partial charge in [0, 0.05) is 18.9 Å². The monoisotopic (exact) mass is 331 g/mol. The topological polar surface area (TPSA) is 81.6 Å². The summed E-state index contributed by atoms with van der Waals surface area (Å²) in [5.41, 5.74) is 0.457. The molecule has 2 aromatic heterocycles. The summed E-state index contributed by atoms with van der Waals surface area (Å²) in [4.78, 5) is 14.4. The van der Waals surface area contributed by atoms with Crippen LogP contribution < -0.4 is 0 Å². The molecule has 3 aromatic rings. The molecule has 3 heterocycles. The van der Waals surface area contributed by atoms with Gasteiger partial charge < -0.3 is 18.5 Å². The first-order valence-corrected chi connectivity index (χ1v) is 7.49. The Morgan fingerprint density at radius 1 is 1.29 bits per heavy atom. The van der Waals surface area contributed by atoms with Gasteiger partial charge in [-0.25, -0.2) is 4.39 Å². The van der Waals surface area contributed by atoms with E-state index in [1.807, 2.05) is 0 Å². The lowest BCUT2D eigenvalue weighted by molar-refractivity contribution is -0.0120. The van der Waals surface area contributed by atoms with E-state index in [0.29, 0.717) is 35.9 Å². The third-order valence-corrected chi connectivity index (χ3v) is 3.91. The molecule has 1 aromatic carbocycles. The molecule has 0 radical (unpaired) electrons. The van der Waals surface area contributed by atoms with E-state index < -0.39 is 6.04 Å². The maximum atomic E-state index is 13.3. The van der Waals surface area contributed by atoms with Crippen LogP contribution in [0.15, 0.2) is 33.1 Å². The number of aryl methyl sites for hydroxylation is 1. The first-order valence-electron chi connectivity index (χ1n) is 7.49. The molecule has 0 N–H and O–H groups in total. The molecule has 24 heavy (non-hydrogen) atoms. The number of nitrogens with zero attached hydrogens (tertiary/aromatic N) is 3. The smallest absolute Gasteiger partial charge is 0.290 e. The normalized spacial score (nSPS) is 18.2. The van der Waals surface area contributed by atoms with E-state index >= 15 is 0 Å². The van der Waals surface area contributed by atoms with Crippen molar-refractivity contribution in [2.24, 2.45) is 0 Å². The number of benzene rings is 1. The van der Waals surface area contributed by atoms with Crippen LogP contribution >= 0.6 is 0 Å². The molecule has 0 bridgehead atoms. The van der Waals surface area contributed by atoms with Gasteiger partial charge in [0.2, 0.25) is 11.8 Å². The van der Waals surface area contributed by atoms with E-state index in [4.69, 9.17) is 13.6 Å². The Hall–Kier alpha value is -2.74. The van der Waals surface area contributed by atoms with Crippen LogP contribution in [0.3, 0.4) is 0 Å². The second-order valence-electron chi connectivity index (χ2n) is 5.54. The standard InChI is InChI=1S/C16H14FN3O4/c1-9-18-19-15(23-9)12-8-22-5-4-20(12)16(21)14-7-10-6-11(17)2-3-13(10)24-14/h2-3,6-7,12H,4-5,8H2,1H3. The van der Waals surface area contributed by atoms with Crippen LogP contribution in [0.2, 0.25) is 0 Å². The van der Waals surface area contributed by atoms with Gasteiger partial charge in [-0.1, -0.05) is 0 Å². The summed E-state index contributed by atoms with van der Waals surface area (Å²) in [5, 5.41) is 8.32. The SMILES string of the molecule is Cc1nnc(C2COCCN2C(=O)c2cc3cc(F)ccc3o2)o1. The van der Waals surface area contributed by atoms with Gasteiger partial charge in [0.05, 0.1) is 13.2 Å². The number of rotatable bonds is 2. The zero-order chi connectivity index (χ0) is 16.7. The summed E-state index contributed by atoms with van der Waals surface area (Å²) in [7, 11) is 0. The van der Waals surface area contributed by atoms with Crippen LogP contribution in [0, 0.1) is 12.7 Å². The Balaban J connectivity index is 1.67. The van der Waals surface area contributed by atoms with E-state index in [1.54, 1.807) is 11.8 Å². The molecule has 7 nitrogen and oxygen atoms in total. The number of ether oxygens (including phenoxy) is 1. The lowest BCUT2D eigenvalue weighted by Crippen LogP contribution is -2.43. The van der Waals surface area contributed by atoms with Crippen LogP contribution in [0.5, 0.6) is 0 Å². The highest BCUT2D eigenvalue weighted by Gasteiger charge is 2.34. The Bertz CT molecular complexity index is 904. The number of carbonyl (C=O) groups is 1. The molecule has 1 amide bonds. The summed E-state index contributed by atoms with van der Waals surface area (Å²) in [6.07, 6.45) is 0. The maximum absolute atomic E-state index is 13.3.